The number of hydrogen-bond acceptors (Lipinski definition) is 5. The monoisotopic (exact) mass is 338 g/mol. The molecule has 1 saturated heterocycles. The van der Waals surface area contributed by atoms with E-state index in [0.29, 0.717) is 11.7 Å². The SMILES string of the molecule is CN=C/C=C(\N)c1c[nH]c2nccc(N3CCC[C@H](NC4CC4)C3)c12. The lowest BCUT2D eigenvalue weighted by molar-refractivity contribution is 0.421. The second-order valence-corrected chi connectivity index (χ2v) is 7.01. The van der Waals surface area contributed by atoms with Gasteiger partial charge in [0.2, 0.25) is 0 Å². The van der Waals surface area contributed by atoms with Crippen molar-refractivity contribution in [2.24, 2.45) is 10.7 Å². The van der Waals surface area contributed by atoms with Crippen LogP contribution in [0, 0.1) is 0 Å². The highest BCUT2D eigenvalue weighted by molar-refractivity contribution is 6.01. The van der Waals surface area contributed by atoms with Crippen molar-refractivity contribution in [3.63, 3.8) is 0 Å². The summed E-state index contributed by atoms with van der Waals surface area (Å²) in [5.41, 5.74) is 10.1. The predicted molar refractivity (Wildman–Crippen MR) is 104 cm³/mol. The average Bonchev–Trinajstić information content (AvgIpc) is 3.34. The fraction of sp³-hybridized carbons (Fsp3) is 0.474. The zero-order chi connectivity index (χ0) is 17.2. The zero-order valence-corrected chi connectivity index (χ0v) is 14.7. The molecule has 4 rings (SSSR count). The lowest BCUT2D eigenvalue weighted by Gasteiger charge is -2.35. The molecular weight excluding hydrogens is 312 g/mol. The van der Waals surface area contributed by atoms with Crippen LogP contribution in [0.25, 0.3) is 16.7 Å². The molecule has 1 saturated carbocycles. The fourth-order valence-electron chi connectivity index (χ4n) is 3.69. The molecular formula is C19H26N6. The summed E-state index contributed by atoms with van der Waals surface area (Å²) in [5, 5.41) is 4.89. The van der Waals surface area contributed by atoms with Crippen molar-refractivity contribution in [1.29, 1.82) is 0 Å². The summed E-state index contributed by atoms with van der Waals surface area (Å²) < 4.78 is 0. The quantitative estimate of drug-likeness (QED) is 0.731. The van der Waals surface area contributed by atoms with Crippen molar-refractivity contribution in [3.05, 3.63) is 30.1 Å². The van der Waals surface area contributed by atoms with E-state index in [4.69, 9.17) is 5.73 Å². The first-order chi connectivity index (χ1) is 12.3. The minimum Gasteiger partial charge on any atom is -0.398 e. The summed E-state index contributed by atoms with van der Waals surface area (Å²) in [6, 6.07) is 3.43. The maximum Gasteiger partial charge on any atom is 0.140 e. The number of aliphatic imine (C=N–C) groups is 1. The highest BCUT2D eigenvalue weighted by Gasteiger charge is 2.28. The van der Waals surface area contributed by atoms with Crippen LogP contribution in [0.1, 0.15) is 31.2 Å². The first-order valence-electron chi connectivity index (χ1n) is 9.11. The van der Waals surface area contributed by atoms with Gasteiger partial charge in [-0.3, -0.25) is 4.99 Å². The molecule has 4 N–H and O–H groups in total. The van der Waals surface area contributed by atoms with Gasteiger partial charge in [-0.1, -0.05) is 0 Å². The Labute approximate surface area is 148 Å². The summed E-state index contributed by atoms with van der Waals surface area (Å²) in [6.07, 6.45) is 12.5. The van der Waals surface area contributed by atoms with Crippen molar-refractivity contribution in [1.82, 2.24) is 15.3 Å². The number of allylic oxidation sites excluding steroid dienone is 1. The fourth-order valence-corrected chi connectivity index (χ4v) is 3.69. The Hall–Kier alpha value is -2.34. The van der Waals surface area contributed by atoms with Crippen molar-refractivity contribution in [2.75, 3.05) is 25.0 Å². The molecule has 2 aliphatic rings. The van der Waals surface area contributed by atoms with Crippen LogP contribution in [0.5, 0.6) is 0 Å². The number of aromatic amines is 1. The van der Waals surface area contributed by atoms with Gasteiger partial charge in [0, 0.05) is 62.1 Å². The molecule has 0 radical (unpaired) electrons. The van der Waals surface area contributed by atoms with Gasteiger partial charge in [-0.2, -0.15) is 0 Å². The first kappa shape index (κ1) is 16.1. The van der Waals surface area contributed by atoms with Gasteiger partial charge in [0.15, 0.2) is 0 Å². The summed E-state index contributed by atoms with van der Waals surface area (Å²) in [4.78, 5) is 14.2. The molecule has 3 heterocycles. The Morgan fingerprint density at radius 2 is 2.28 bits per heavy atom. The number of nitrogens with two attached hydrogens (primary N) is 1. The Morgan fingerprint density at radius 3 is 3.08 bits per heavy atom. The van der Waals surface area contributed by atoms with E-state index in [-0.39, 0.29) is 0 Å². The van der Waals surface area contributed by atoms with E-state index < -0.39 is 0 Å². The molecule has 6 nitrogen and oxygen atoms in total. The third-order valence-electron chi connectivity index (χ3n) is 5.08. The molecule has 6 heteroatoms. The van der Waals surface area contributed by atoms with Crippen LogP contribution >= 0.6 is 0 Å². The second kappa shape index (κ2) is 6.88. The van der Waals surface area contributed by atoms with E-state index in [1.165, 1.54) is 31.4 Å². The number of anilines is 1. The summed E-state index contributed by atoms with van der Waals surface area (Å²) in [5.74, 6) is 0. The highest BCUT2D eigenvalue weighted by atomic mass is 15.2. The molecule has 1 atom stereocenters. The molecule has 0 aromatic carbocycles. The number of pyridine rings is 1. The number of hydrogen-bond donors (Lipinski definition) is 3. The highest BCUT2D eigenvalue weighted by Crippen LogP contribution is 2.33. The molecule has 2 aromatic heterocycles. The Kier molecular flexibility index (Phi) is 4.44. The van der Waals surface area contributed by atoms with Gasteiger partial charge in [0.05, 0.1) is 11.1 Å². The molecule has 2 aromatic rings. The van der Waals surface area contributed by atoms with Gasteiger partial charge >= 0.3 is 0 Å². The van der Waals surface area contributed by atoms with Crippen LogP contribution in [0.4, 0.5) is 5.69 Å². The normalized spacial score (nSPS) is 22.2. The van der Waals surface area contributed by atoms with E-state index >= 15 is 0 Å². The number of nitrogens with one attached hydrogen (secondary N) is 2. The van der Waals surface area contributed by atoms with Crippen molar-refractivity contribution in [3.8, 4) is 0 Å². The molecule has 132 valence electrons. The lowest BCUT2D eigenvalue weighted by atomic mass is 10.0. The number of piperidine rings is 1. The van der Waals surface area contributed by atoms with Gasteiger partial charge in [-0.05, 0) is 37.8 Å². The molecule has 1 aliphatic carbocycles. The first-order valence-corrected chi connectivity index (χ1v) is 9.11. The molecule has 0 spiro atoms. The van der Waals surface area contributed by atoms with E-state index in [0.717, 1.165) is 35.7 Å². The van der Waals surface area contributed by atoms with E-state index in [2.05, 4.69) is 31.2 Å². The maximum absolute atomic E-state index is 6.28. The van der Waals surface area contributed by atoms with Crippen LogP contribution in [0.3, 0.4) is 0 Å². The van der Waals surface area contributed by atoms with Crippen LogP contribution in [0.2, 0.25) is 0 Å². The number of nitrogens with zero attached hydrogens (tertiary/aromatic N) is 3. The van der Waals surface area contributed by atoms with Crippen LogP contribution in [-0.2, 0) is 0 Å². The van der Waals surface area contributed by atoms with Crippen molar-refractivity contribution >= 4 is 28.6 Å². The standard InChI is InChI=1S/C19H26N6/c1-21-8-6-16(20)15-11-23-19-18(15)17(7-9-22-19)25-10-2-3-14(12-25)24-13-4-5-13/h6-9,11,13-14,24H,2-5,10,12,20H2,1H3,(H,22,23)/b16-6-,21-8?/t14-/m0/s1. The zero-order valence-electron chi connectivity index (χ0n) is 14.7. The van der Waals surface area contributed by atoms with Crippen molar-refractivity contribution in [2.45, 2.75) is 37.8 Å². The van der Waals surface area contributed by atoms with E-state index in [1.807, 2.05) is 18.5 Å². The summed E-state index contributed by atoms with van der Waals surface area (Å²) in [6.45, 7) is 2.12. The van der Waals surface area contributed by atoms with Crippen LogP contribution in [-0.4, -0.2) is 48.4 Å². The second-order valence-electron chi connectivity index (χ2n) is 7.01. The van der Waals surface area contributed by atoms with E-state index in [1.54, 1.807) is 13.3 Å². The third-order valence-corrected chi connectivity index (χ3v) is 5.08. The van der Waals surface area contributed by atoms with Crippen molar-refractivity contribution < 1.29 is 0 Å². The molecule has 0 unspecified atom stereocenters. The number of rotatable bonds is 5. The number of H-pyrrole nitrogens is 1. The minimum atomic E-state index is 0.576. The van der Waals surface area contributed by atoms with Gasteiger partial charge in [-0.15, -0.1) is 0 Å². The van der Waals surface area contributed by atoms with Gasteiger partial charge in [-0.25, -0.2) is 4.98 Å². The van der Waals surface area contributed by atoms with Gasteiger partial charge < -0.3 is 20.9 Å². The molecule has 25 heavy (non-hydrogen) atoms. The number of aromatic nitrogens is 2. The number of fused-ring (bicyclic) bond motifs is 1. The molecule has 0 bridgehead atoms. The predicted octanol–water partition coefficient (Wildman–Crippen LogP) is 2.28. The molecule has 1 aliphatic heterocycles. The van der Waals surface area contributed by atoms with E-state index in [9.17, 15) is 0 Å². The van der Waals surface area contributed by atoms with Gasteiger partial charge in [0.25, 0.3) is 0 Å². The third kappa shape index (κ3) is 3.39. The minimum absolute atomic E-state index is 0.576. The summed E-state index contributed by atoms with van der Waals surface area (Å²) in [7, 11) is 1.74. The lowest BCUT2D eigenvalue weighted by Crippen LogP contribution is -2.46. The Morgan fingerprint density at radius 1 is 1.40 bits per heavy atom. The van der Waals surface area contributed by atoms with Crippen LogP contribution in [0.15, 0.2) is 29.5 Å². The largest absolute Gasteiger partial charge is 0.398 e. The molecule has 0 amide bonds. The van der Waals surface area contributed by atoms with Gasteiger partial charge in [0.1, 0.15) is 5.65 Å². The smallest absolute Gasteiger partial charge is 0.140 e. The maximum atomic E-state index is 6.28. The molecule has 2 fully saturated rings. The Balaban J connectivity index is 1.67. The summed E-state index contributed by atoms with van der Waals surface area (Å²) >= 11 is 0. The topological polar surface area (TPSA) is 82.3 Å². The van der Waals surface area contributed by atoms with Crippen LogP contribution < -0.4 is 16.0 Å². The average molecular weight is 338 g/mol. The Bertz CT molecular complexity index is 801.